The van der Waals surface area contributed by atoms with Gasteiger partial charge in [-0.2, -0.15) is 0 Å². The lowest BCUT2D eigenvalue weighted by atomic mass is 10.1. The lowest BCUT2D eigenvalue weighted by molar-refractivity contribution is -0.117. The molecule has 0 saturated carbocycles. The minimum absolute atomic E-state index is 0.0101. The molecule has 2 aromatic carbocycles. The maximum Gasteiger partial charge on any atom is 0.294 e. The number of fused-ring (bicyclic) bond motifs is 1. The fourth-order valence-electron chi connectivity index (χ4n) is 4.92. The molecule has 2 amide bonds. The van der Waals surface area contributed by atoms with Crippen molar-refractivity contribution in [2.45, 2.75) is 33.4 Å². The first-order valence-electron chi connectivity index (χ1n) is 14.0. The molecular formula is C32H33FN8O3. The SMILES string of the molecule is CNC(C)C(=O)Nc1ncc(-c2cccc(C(=O)N(C)C)c2)n(Cc2cc(-n3cc(C)c4cc(F)ccc43)nc(C)n2)c1=O. The number of nitrogens with one attached hydrogen (secondary N) is 2. The zero-order valence-corrected chi connectivity index (χ0v) is 25.3. The number of nitrogens with zero attached hydrogens (tertiary/aromatic N) is 6. The van der Waals surface area contributed by atoms with Crippen LogP contribution in [0.5, 0.6) is 0 Å². The predicted octanol–water partition coefficient (Wildman–Crippen LogP) is 3.70. The van der Waals surface area contributed by atoms with Crippen molar-refractivity contribution < 1.29 is 14.0 Å². The van der Waals surface area contributed by atoms with Gasteiger partial charge >= 0.3 is 0 Å². The Morgan fingerprint density at radius 3 is 2.57 bits per heavy atom. The van der Waals surface area contributed by atoms with E-state index in [-0.39, 0.29) is 24.1 Å². The number of benzene rings is 2. The Morgan fingerprint density at radius 1 is 1.07 bits per heavy atom. The second kappa shape index (κ2) is 12.2. The maximum atomic E-state index is 14.0. The summed E-state index contributed by atoms with van der Waals surface area (Å²) in [6.07, 6.45) is 3.37. The summed E-state index contributed by atoms with van der Waals surface area (Å²) >= 11 is 0. The highest BCUT2D eigenvalue weighted by atomic mass is 19.1. The average Bonchev–Trinajstić information content (AvgIpc) is 3.33. The van der Waals surface area contributed by atoms with Crippen LogP contribution in [0.1, 0.15) is 34.4 Å². The first kappa shape index (κ1) is 30.2. The second-order valence-electron chi connectivity index (χ2n) is 10.8. The van der Waals surface area contributed by atoms with E-state index < -0.39 is 17.5 Å². The van der Waals surface area contributed by atoms with Crippen LogP contribution < -0.4 is 16.2 Å². The summed E-state index contributed by atoms with van der Waals surface area (Å²) in [5.74, 6) is -0.0499. The van der Waals surface area contributed by atoms with Crippen molar-refractivity contribution in [2.24, 2.45) is 0 Å². The van der Waals surface area contributed by atoms with Gasteiger partial charge in [0.25, 0.3) is 11.5 Å². The van der Waals surface area contributed by atoms with Crippen LogP contribution in [0.2, 0.25) is 0 Å². The number of carbonyl (C=O) groups excluding carboxylic acids is 2. The minimum Gasteiger partial charge on any atom is -0.345 e. The van der Waals surface area contributed by atoms with E-state index in [1.165, 1.54) is 27.8 Å². The van der Waals surface area contributed by atoms with E-state index in [0.717, 1.165) is 16.5 Å². The Labute approximate surface area is 253 Å². The standard InChI is InChI=1S/C32H33FN8O3/c1-18-16-40(26-11-10-23(33)13-25(18)26)28-14-24(36-20(3)37-28)17-41-27(21-8-7-9-22(12-21)31(43)39(5)6)15-35-29(32(41)44)38-30(42)19(2)34-4/h7-16,19,34H,17H2,1-6H3,(H,35,38,42). The lowest BCUT2D eigenvalue weighted by Crippen LogP contribution is -2.38. The van der Waals surface area contributed by atoms with Crippen molar-refractivity contribution in [1.82, 2.24) is 34.3 Å². The molecule has 1 atom stereocenters. The number of rotatable bonds is 8. The van der Waals surface area contributed by atoms with E-state index in [2.05, 4.69) is 25.6 Å². The number of amides is 2. The van der Waals surface area contributed by atoms with Crippen LogP contribution in [0.15, 0.2) is 65.7 Å². The quantitative estimate of drug-likeness (QED) is 0.280. The van der Waals surface area contributed by atoms with Gasteiger partial charge in [0, 0.05) is 42.9 Å². The topological polar surface area (TPSA) is 127 Å². The van der Waals surface area contributed by atoms with E-state index in [9.17, 15) is 18.8 Å². The van der Waals surface area contributed by atoms with Crippen molar-refractivity contribution in [1.29, 1.82) is 0 Å². The molecule has 0 aliphatic heterocycles. The monoisotopic (exact) mass is 596 g/mol. The first-order valence-corrected chi connectivity index (χ1v) is 14.0. The smallest absolute Gasteiger partial charge is 0.294 e. The molecule has 5 rings (SSSR count). The van der Waals surface area contributed by atoms with Crippen LogP contribution in [0.3, 0.4) is 0 Å². The van der Waals surface area contributed by atoms with Gasteiger partial charge in [0.05, 0.1) is 35.7 Å². The highest BCUT2D eigenvalue weighted by molar-refractivity contribution is 5.95. The highest BCUT2D eigenvalue weighted by Crippen LogP contribution is 2.26. The third kappa shape index (κ3) is 5.97. The molecule has 44 heavy (non-hydrogen) atoms. The molecule has 0 fully saturated rings. The molecule has 0 aliphatic carbocycles. The number of aryl methyl sites for hydroxylation is 2. The van der Waals surface area contributed by atoms with Crippen molar-refractivity contribution in [2.75, 3.05) is 26.5 Å². The molecule has 0 aliphatic rings. The molecule has 5 aromatic rings. The first-order chi connectivity index (χ1) is 21.0. The molecule has 0 radical (unpaired) electrons. The van der Waals surface area contributed by atoms with Gasteiger partial charge in [-0.1, -0.05) is 12.1 Å². The second-order valence-corrected chi connectivity index (χ2v) is 10.8. The van der Waals surface area contributed by atoms with Crippen molar-refractivity contribution in [3.63, 3.8) is 0 Å². The number of hydrogen-bond acceptors (Lipinski definition) is 7. The number of hydrogen-bond donors (Lipinski definition) is 2. The Hall–Kier alpha value is -5.23. The summed E-state index contributed by atoms with van der Waals surface area (Å²) in [6.45, 7) is 5.33. The average molecular weight is 597 g/mol. The molecule has 0 bridgehead atoms. The molecule has 226 valence electrons. The molecule has 11 nitrogen and oxygen atoms in total. The molecular weight excluding hydrogens is 563 g/mol. The van der Waals surface area contributed by atoms with Crippen molar-refractivity contribution in [3.05, 3.63) is 99.7 Å². The van der Waals surface area contributed by atoms with Gasteiger partial charge in [-0.3, -0.25) is 19.0 Å². The Morgan fingerprint density at radius 2 is 1.84 bits per heavy atom. The van der Waals surface area contributed by atoms with E-state index in [1.807, 2.05) is 17.7 Å². The van der Waals surface area contributed by atoms with E-state index in [4.69, 9.17) is 0 Å². The van der Waals surface area contributed by atoms with E-state index >= 15 is 0 Å². The van der Waals surface area contributed by atoms with Crippen molar-refractivity contribution >= 4 is 28.5 Å². The van der Waals surface area contributed by atoms with Gasteiger partial charge in [0.2, 0.25) is 5.91 Å². The molecule has 0 spiro atoms. The predicted molar refractivity (Wildman–Crippen MR) is 167 cm³/mol. The van der Waals surface area contributed by atoms with Crippen LogP contribution in [0, 0.1) is 19.7 Å². The molecule has 1 unspecified atom stereocenters. The van der Waals surface area contributed by atoms with Crippen LogP contribution in [-0.4, -0.2) is 68.0 Å². The summed E-state index contributed by atoms with van der Waals surface area (Å²) < 4.78 is 17.3. The third-order valence-corrected chi connectivity index (χ3v) is 7.34. The number of aromatic nitrogens is 5. The molecule has 3 heterocycles. The molecule has 12 heteroatoms. The van der Waals surface area contributed by atoms with Crippen LogP contribution in [-0.2, 0) is 11.3 Å². The van der Waals surface area contributed by atoms with Crippen LogP contribution in [0.4, 0.5) is 10.2 Å². The van der Waals surface area contributed by atoms with Gasteiger partial charge in [-0.15, -0.1) is 0 Å². The summed E-state index contributed by atoms with van der Waals surface area (Å²) in [5.41, 5.74) is 3.10. The summed E-state index contributed by atoms with van der Waals surface area (Å²) in [4.78, 5) is 54.2. The molecule has 0 saturated heterocycles. The summed E-state index contributed by atoms with van der Waals surface area (Å²) in [6, 6.07) is 12.7. The fourth-order valence-corrected chi connectivity index (χ4v) is 4.92. The van der Waals surface area contributed by atoms with Gasteiger partial charge in [0.15, 0.2) is 5.82 Å². The normalized spacial score (nSPS) is 11.9. The molecule has 3 aromatic heterocycles. The van der Waals surface area contributed by atoms with E-state index in [1.54, 1.807) is 71.4 Å². The largest absolute Gasteiger partial charge is 0.345 e. The molecule has 2 N–H and O–H groups in total. The summed E-state index contributed by atoms with van der Waals surface area (Å²) in [5, 5.41) is 6.22. The number of carbonyl (C=O) groups is 2. The maximum absolute atomic E-state index is 14.0. The van der Waals surface area contributed by atoms with Crippen LogP contribution >= 0.6 is 0 Å². The zero-order valence-electron chi connectivity index (χ0n) is 25.3. The number of halogens is 1. The fraction of sp³-hybridized carbons (Fsp3) is 0.250. The van der Waals surface area contributed by atoms with Gasteiger partial charge in [-0.25, -0.2) is 19.3 Å². The van der Waals surface area contributed by atoms with Crippen molar-refractivity contribution in [3.8, 4) is 17.1 Å². The summed E-state index contributed by atoms with van der Waals surface area (Å²) in [7, 11) is 4.97. The van der Waals surface area contributed by atoms with Crippen LogP contribution in [0.25, 0.3) is 28.0 Å². The Kier molecular flexibility index (Phi) is 8.36. The highest BCUT2D eigenvalue weighted by Gasteiger charge is 2.19. The zero-order chi connectivity index (χ0) is 31.7. The minimum atomic E-state index is -0.557. The van der Waals surface area contributed by atoms with Gasteiger partial charge < -0.3 is 20.1 Å². The number of likely N-dealkylation sites (N-methyl/N-ethyl adjacent to an activating group) is 1. The van der Waals surface area contributed by atoms with Gasteiger partial charge in [-0.05, 0) is 63.7 Å². The lowest BCUT2D eigenvalue weighted by Gasteiger charge is -2.17. The third-order valence-electron chi connectivity index (χ3n) is 7.34. The van der Waals surface area contributed by atoms with E-state index in [0.29, 0.717) is 34.2 Å². The Balaban J connectivity index is 1.64. The Bertz CT molecular complexity index is 1960. The number of anilines is 1. The van der Waals surface area contributed by atoms with Gasteiger partial charge in [0.1, 0.15) is 17.5 Å².